The fourth-order valence-electron chi connectivity index (χ4n) is 3.74. The number of aliphatic carboxylic acids is 1. The molecule has 2 fully saturated rings. The first-order chi connectivity index (χ1) is 19.1. The summed E-state index contributed by atoms with van der Waals surface area (Å²) in [6.07, 6.45) is -0.636. The average Bonchev–Trinajstić information content (AvgIpc) is 3.29. The summed E-state index contributed by atoms with van der Waals surface area (Å²) in [5, 5.41) is 15.6. The molecule has 2 aliphatic heterocycles. The number of carboxylic acids is 1. The van der Waals surface area contributed by atoms with Crippen molar-refractivity contribution in [3.63, 3.8) is 0 Å². The van der Waals surface area contributed by atoms with E-state index in [4.69, 9.17) is 20.0 Å². The lowest BCUT2D eigenvalue weighted by Gasteiger charge is -2.53. The molecule has 0 saturated carbocycles. The van der Waals surface area contributed by atoms with Crippen molar-refractivity contribution in [3.8, 4) is 0 Å². The van der Waals surface area contributed by atoms with E-state index < -0.39 is 71.0 Å². The molecule has 2 saturated heterocycles. The quantitative estimate of drug-likeness (QED) is 0.0677. The largest absolute Gasteiger partial charge is 0.481 e. The number of amides is 2. The summed E-state index contributed by atoms with van der Waals surface area (Å²) >= 11 is 1.89. The molecule has 2 unspecified atom stereocenters. The molecule has 0 spiro atoms. The van der Waals surface area contributed by atoms with Gasteiger partial charge >= 0.3 is 17.9 Å². The fourth-order valence-corrected chi connectivity index (χ4v) is 5.69. The highest BCUT2D eigenvalue weighted by Gasteiger charge is 2.58. The van der Waals surface area contributed by atoms with E-state index in [1.807, 2.05) is 0 Å². The van der Waals surface area contributed by atoms with E-state index >= 15 is 0 Å². The highest BCUT2D eigenvalue weighted by Crippen LogP contribution is 2.42. The molecule has 3 heterocycles. The predicted molar refractivity (Wildman–Crippen MR) is 143 cm³/mol. The number of thioether (sulfide) groups is 1. The van der Waals surface area contributed by atoms with Crippen molar-refractivity contribution < 1.29 is 48.2 Å². The number of nitrogens with two attached hydrogens (primary N) is 1. The molecule has 0 aliphatic carbocycles. The van der Waals surface area contributed by atoms with Gasteiger partial charge in [0.2, 0.25) is 17.4 Å². The maximum Gasteiger partial charge on any atom is 0.315 e. The molecule has 0 radical (unpaired) electrons. The van der Waals surface area contributed by atoms with Crippen LogP contribution in [0, 0.1) is 5.41 Å². The Labute approximate surface area is 242 Å². The van der Waals surface area contributed by atoms with Gasteiger partial charge in [-0.25, -0.2) is 0 Å². The van der Waals surface area contributed by atoms with Gasteiger partial charge in [0.05, 0.1) is 6.42 Å². The first-order valence-electron chi connectivity index (χ1n) is 12.2. The van der Waals surface area contributed by atoms with E-state index in [1.54, 1.807) is 20.8 Å². The zero-order valence-corrected chi connectivity index (χ0v) is 24.3. The van der Waals surface area contributed by atoms with Crippen LogP contribution in [0.3, 0.4) is 0 Å². The average molecular weight is 615 g/mol. The Hall–Kier alpha value is -3.80. The summed E-state index contributed by atoms with van der Waals surface area (Å²) in [7, 11) is 0. The second-order valence-electron chi connectivity index (χ2n) is 10.3. The second kappa shape index (κ2) is 12.8. The standard InChI is InChI=1S/C23H30N6O10S2/c1-11(30)7-13(32)37-9-23(20(35)36)8-29-18(34)15(19(29)40-10-23)25-17(33)14(16-26-21(24)41-28-16)27-38-6-5-12(31)39-22(2,3)4/h15,19H,5-10H2,1-4H3,(H,25,33)(H,35,36)(H2,24,26,28)/t15?,19-,23?/m1/s1. The minimum Gasteiger partial charge on any atom is -0.481 e. The van der Waals surface area contributed by atoms with Crippen LogP contribution in [0.5, 0.6) is 0 Å². The van der Waals surface area contributed by atoms with Crippen molar-refractivity contribution in [2.75, 3.05) is 31.2 Å². The van der Waals surface area contributed by atoms with E-state index in [0.717, 1.165) is 23.3 Å². The van der Waals surface area contributed by atoms with Crippen LogP contribution in [0.15, 0.2) is 5.16 Å². The van der Waals surface area contributed by atoms with Crippen molar-refractivity contribution >= 4 is 69.6 Å². The number of ketones is 1. The summed E-state index contributed by atoms with van der Waals surface area (Å²) in [6.45, 7) is 5.34. The van der Waals surface area contributed by atoms with Crippen LogP contribution >= 0.6 is 23.3 Å². The summed E-state index contributed by atoms with van der Waals surface area (Å²) in [4.78, 5) is 83.2. The smallest absolute Gasteiger partial charge is 0.315 e. The molecule has 1 aromatic heterocycles. The molecule has 16 nitrogen and oxygen atoms in total. The predicted octanol–water partition coefficient (Wildman–Crippen LogP) is -0.434. The number of esters is 2. The molecule has 4 N–H and O–H groups in total. The number of ether oxygens (including phenoxy) is 2. The first kappa shape index (κ1) is 31.7. The normalized spacial score (nSPS) is 22.2. The van der Waals surface area contributed by atoms with Crippen LogP contribution in [0.1, 0.15) is 46.4 Å². The van der Waals surface area contributed by atoms with Gasteiger partial charge in [-0.15, -0.1) is 11.8 Å². The molecule has 0 aromatic carbocycles. The van der Waals surface area contributed by atoms with Gasteiger partial charge in [-0.2, -0.15) is 9.36 Å². The Morgan fingerprint density at radius 1 is 1.24 bits per heavy atom. The third kappa shape index (κ3) is 8.12. The fraction of sp³-hybridized carbons (Fsp3) is 0.609. The van der Waals surface area contributed by atoms with E-state index in [9.17, 15) is 33.9 Å². The number of hydrogen-bond donors (Lipinski definition) is 3. The number of nitrogens with one attached hydrogen (secondary N) is 1. The van der Waals surface area contributed by atoms with Gasteiger partial charge in [-0.3, -0.25) is 28.8 Å². The first-order valence-corrected chi connectivity index (χ1v) is 14.1. The molecular weight excluding hydrogens is 584 g/mol. The van der Waals surface area contributed by atoms with Gasteiger partial charge in [0, 0.05) is 23.8 Å². The maximum absolute atomic E-state index is 13.1. The summed E-state index contributed by atoms with van der Waals surface area (Å²) in [5.74, 6) is -4.70. The van der Waals surface area contributed by atoms with Gasteiger partial charge < -0.3 is 35.4 Å². The molecule has 224 valence electrons. The highest BCUT2D eigenvalue weighted by atomic mass is 32.2. The number of fused-ring (bicyclic) bond motifs is 1. The minimum atomic E-state index is -1.59. The number of anilines is 1. The third-order valence-corrected chi connectivity index (χ3v) is 7.76. The lowest BCUT2D eigenvalue weighted by Crippen LogP contribution is -2.74. The Balaban J connectivity index is 1.64. The van der Waals surface area contributed by atoms with E-state index in [1.165, 1.54) is 11.8 Å². The summed E-state index contributed by atoms with van der Waals surface area (Å²) in [6, 6.07) is -1.03. The highest BCUT2D eigenvalue weighted by molar-refractivity contribution is 8.00. The van der Waals surface area contributed by atoms with Crippen LogP contribution < -0.4 is 11.1 Å². The van der Waals surface area contributed by atoms with Crippen molar-refractivity contribution in [3.05, 3.63) is 5.82 Å². The number of Topliss-reactive ketones (excluding diaryl/α,β-unsaturated/α-hetero) is 1. The molecule has 18 heteroatoms. The molecule has 0 bridgehead atoms. The van der Waals surface area contributed by atoms with Gasteiger partial charge in [-0.05, 0) is 27.7 Å². The van der Waals surface area contributed by atoms with Gasteiger partial charge in [-0.1, -0.05) is 5.16 Å². The lowest BCUT2D eigenvalue weighted by molar-refractivity contribution is -0.165. The summed E-state index contributed by atoms with van der Waals surface area (Å²) < 4.78 is 14.2. The van der Waals surface area contributed by atoms with Gasteiger partial charge in [0.1, 0.15) is 47.8 Å². The Kier molecular flexibility index (Phi) is 9.90. The zero-order valence-electron chi connectivity index (χ0n) is 22.7. The number of oxime groups is 1. The number of β-lactam (4-membered cyclic amide) rings is 1. The molecular formula is C23H30N6O10S2. The number of nitrogen functional groups attached to an aromatic ring is 1. The van der Waals surface area contributed by atoms with Crippen molar-refractivity contribution in [1.82, 2.24) is 19.6 Å². The number of rotatable bonds is 12. The van der Waals surface area contributed by atoms with Crippen LogP contribution in [-0.4, -0.2) is 103 Å². The van der Waals surface area contributed by atoms with Crippen LogP contribution in [0.4, 0.5) is 5.13 Å². The third-order valence-electron chi connectivity index (χ3n) is 5.63. The molecule has 1 aromatic rings. The van der Waals surface area contributed by atoms with Crippen LogP contribution in [-0.2, 0) is 43.1 Å². The van der Waals surface area contributed by atoms with Crippen molar-refractivity contribution in [2.24, 2.45) is 10.6 Å². The Morgan fingerprint density at radius 3 is 2.54 bits per heavy atom. The molecule has 2 amide bonds. The summed E-state index contributed by atoms with van der Waals surface area (Å²) in [5.41, 5.74) is 2.98. The molecule has 3 atom stereocenters. The second-order valence-corrected chi connectivity index (χ2v) is 12.2. The van der Waals surface area contributed by atoms with Crippen molar-refractivity contribution in [1.29, 1.82) is 0 Å². The number of hydrogen-bond acceptors (Lipinski definition) is 15. The zero-order chi connectivity index (χ0) is 30.5. The Bertz CT molecular complexity index is 1260. The maximum atomic E-state index is 13.1. The van der Waals surface area contributed by atoms with E-state index in [0.29, 0.717) is 0 Å². The topological polar surface area (TPSA) is 230 Å². The minimum absolute atomic E-state index is 0.0323. The molecule has 3 rings (SSSR count). The number of carboxylic acid groups (broad SMARTS) is 1. The van der Waals surface area contributed by atoms with Gasteiger partial charge in [0.25, 0.3) is 5.91 Å². The van der Waals surface area contributed by atoms with E-state index in [-0.39, 0.29) is 42.0 Å². The van der Waals surface area contributed by atoms with Gasteiger partial charge in [0.15, 0.2) is 5.13 Å². The number of carbonyl (C=O) groups excluding carboxylic acids is 5. The number of nitrogens with zero attached hydrogens (tertiary/aromatic N) is 4. The molecule has 41 heavy (non-hydrogen) atoms. The number of carbonyl (C=O) groups is 6. The lowest BCUT2D eigenvalue weighted by atomic mass is 9.88. The SMILES string of the molecule is CC(=O)CC(=O)OCC1(C(=O)O)CS[C@@H]2C(NC(=O)C(=NOCCC(=O)OC(C)(C)C)c3nsc(N)n3)C(=O)N2C1. The Morgan fingerprint density at radius 2 is 1.95 bits per heavy atom. The van der Waals surface area contributed by atoms with Crippen molar-refractivity contribution in [2.45, 2.75) is 57.6 Å². The monoisotopic (exact) mass is 614 g/mol. The number of aromatic nitrogens is 2. The van der Waals surface area contributed by atoms with E-state index in [2.05, 4.69) is 19.8 Å². The van der Waals surface area contributed by atoms with Crippen LogP contribution in [0.2, 0.25) is 0 Å². The molecule has 2 aliphatic rings. The van der Waals surface area contributed by atoms with Crippen LogP contribution in [0.25, 0.3) is 0 Å².